The normalized spacial score (nSPS) is 12.4. The number of carbonyl (C=O) groups is 1. The van der Waals surface area contributed by atoms with Gasteiger partial charge in [-0.2, -0.15) is 0 Å². The summed E-state index contributed by atoms with van der Waals surface area (Å²) in [6.45, 7) is 0. The third-order valence-electron chi connectivity index (χ3n) is 2.36. The van der Waals surface area contributed by atoms with Crippen LogP contribution in [0.15, 0.2) is 34.7 Å². The molecule has 94 valence electrons. The van der Waals surface area contributed by atoms with Crippen molar-refractivity contribution in [3.63, 3.8) is 0 Å². The Morgan fingerprint density at radius 3 is 2.56 bits per heavy atom. The van der Waals surface area contributed by atoms with Crippen molar-refractivity contribution in [2.75, 3.05) is 0 Å². The van der Waals surface area contributed by atoms with Gasteiger partial charge in [-0.05, 0) is 30.3 Å². The second-order valence-electron chi connectivity index (χ2n) is 3.58. The number of hydrogen-bond acceptors (Lipinski definition) is 3. The number of furan rings is 1. The van der Waals surface area contributed by atoms with Crippen LogP contribution in [0.5, 0.6) is 0 Å². The van der Waals surface area contributed by atoms with E-state index >= 15 is 0 Å². The van der Waals surface area contributed by atoms with Crippen LogP contribution in [0.25, 0.3) is 0 Å². The highest BCUT2D eigenvalue weighted by Crippen LogP contribution is 2.31. The topological polar surface area (TPSA) is 70.7 Å². The third-order valence-corrected chi connectivity index (χ3v) is 2.94. The molecule has 0 aliphatic rings. The maximum absolute atomic E-state index is 10.7. The fourth-order valence-corrected chi connectivity index (χ4v) is 1.89. The quantitative estimate of drug-likeness (QED) is 0.908. The fourth-order valence-electron chi connectivity index (χ4n) is 1.49. The summed E-state index contributed by atoms with van der Waals surface area (Å²) in [7, 11) is 0. The molecular formula is C12H8Cl2O4. The SMILES string of the molecule is O=C(O)c1ccc(C(O)c2cc(Cl)ccc2Cl)o1. The molecule has 4 nitrogen and oxygen atoms in total. The Kier molecular flexibility index (Phi) is 3.61. The number of aliphatic hydroxyl groups is 1. The number of benzene rings is 1. The van der Waals surface area contributed by atoms with E-state index in [1.807, 2.05) is 0 Å². The molecule has 1 heterocycles. The van der Waals surface area contributed by atoms with Crippen LogP contribution in [0.1, 0.15) is 28.0 Å². The molecule has 0 saturated carbocycles. The van der Waals surface area contributed by atoms with Crippen LogP contribution in [-0.2, 0) is 0 Å². The molecule has 1 unspecified atom stereocenters. The largest absolute Gasteiger partial charge is 0.475 e. The van der Waals surface area contributed by atoms with Gasteiger partial charge in [0.2, 0.25) is 5.76 Å². The van der Waals surface area contributed by atoms with Crippen LogP contribution < -0.4 is 0 Å². The summed E-state index contributed by atoms with van der Waals surface area (Å²) < 4.78 is 5.00. The van der Waals surface area contributed by atoms with Crippen molar-refractivity contribution in [2.24, 2.45) is 0 Å². The van der Waals surface area contributed by atoms with Crippen LogP contribution in [0.2, 0.25) is 10.0 Å². The predicted octanol–water partition coefficient (Wildman–Crippen LogP) is 3.37. The molecule has 18 heavy (non-hydrogen) atoms. The number of carboxylic acids is 1. The lowest BCUT2D eigenvalue weighted by Crippen LogP contribution is -1.99. The molecule has 6 heteroatoms. The lowest BCUT2D eigenvalue weighted by Gasteiger charge is -2.10. The van der Waals surface area contributed by atoms with Crippen LogP contribution >= 0.6 is 23.2 Å². The van der Waals surface area contributed by atoms with Gasteiger partial charge in [-0.1, -0.05) is 23.2 Å². The van der Waals surface area contributed by atoms with Gasteiger partial charge in [0.15, 0.2) is 0 Å². The van der Waals surface area contributed by atoms with E-state index < -0.39 is 12.1 Å². The molecule has 2 rings (SSSR count). The zero-order valence-electron chi connectivity index (χ0n) is 8.93. The predicted molar refractivity (Wildman–Crippen MR) is 66.2 cm³/mol. The zero-order chi connectivity index (χ0) is 13.3. The summed E-state index contributed by atoms with van der Waals surface area (Å²) >= 11 is 11.7. The van der Waals surface area contributed by atoms with Gasteiger partial charge in [-0.3, -0.25) is 0 Å². The molecule has 0 radical (unpaired) electrons. The van der Waals surface area contributed by atoms with Crippen molar-refractivity contribution >= 4 is 29.2 Å². The molecule has 0 amide bonds. The van der Waals surface area contributed by atoms with Crippen molar-refractivity contribution in [1.82, 2.24) is 0 Å². The first-order chi connectivity index (χ1) is 8.49. The first-order valence-electron chi connectivity index (χ1n) is 4.95. The average Bonchev–Trinajstić information content (AvgIpc) is 2.81. The van der Waals surface area contributed by atoms with Crippen molar-refractivity contribution < 1.29 is 19.4 Å². The molecule has 0 aliphatic heterocycles. The summed E-state index contributed by atoms with van der Waals surface area (Å²) in [6.07, 6.45) is -1.16. The van der Waals surface area contributed by atoms with Gasteiger partial charge in [-0.15, -0.1) is 0 Å². The summed E-state index contributed by atoms with van der Waals surface area (Å²) in [5.41, 5.74) is 0.357. The Morgan fingerprint density at radius 2 is 1.94 bits per heavy atom. The number of aliphatic hydroxyl groups excluding tert-OH is 1. The highest BCUT2D eigenvalue weighted by atomic mass is 35.5. The van der Waals surface area contributed by atoms with E-state index in [-0.39, 0.29) is 11.5 Å². The van der Waals surface area contributed by atoms with Crippen LogP contribution in [0.3, 0.4) is 0 Å². The van der Waals surface area contributed by atoms with E-state index in [1.54, 1.807) is 12.1 Å². The van der Waals surface area contributed by atoms with Crippen molar-refractivity contribution in [3.8, 4) is 0 Å². The second-order valence-corrected chi connectivity index (χ2v) is 4.42. The highest BCUT2D eigenvalue weighted by Gasteiger charge is 2.19. The lowest BCUT2D eigenvalue weighted by atomic mass is 10.1. The van der Waals surface area contributed by atoms with Gasteiger partial charge in [0.25, 0.3) is 0 Å². The van der Waals surface area contributed by atoms with Crippen LogP contribution in [0, 0.1) is 0 Å². The molecule has 0 saturated heterocycles. The molecule has 1 aromatic carbocycles. The van der Waals surface area contributed by atoms with E-state index in [9.17, 15) is 9.90 Å². The van der Waals surface area contributed by atoms with Gasteiger partial charge in [0, 0.05) is 15.6 Å². The van der Waals surface area contributed by atoms with Gasteiger partial charge < -0.3 is 14.6 Å². The first kappa shape index (κ1) is 13.0. The smallest absolute Gasteiger partial charge is 0.371 e. The number of halogens is 2. The Labute approximate surface area is 112 Å². The van der Waals surface area contributed by atoms with Crippen molar-refractivity contribution in [1.29, 1.82) is 0 Å². The Balaban J connectivity index is 2.37. The Morgan fingerprint density at radius 1 is 1.22 bits per heavy atom. The maximum atomic E-state index is 10.7. The molecule has 1 atom stereocenters. The van der Waals surface area contributed by atoms with Crippen molar-refractivity contribution in [2.45, 2.75) is 6.10 Å². The standard InChI is InChI=1S/C12H8Cl2O4/c13-6-1-2-8(14)7(5-6)11(15)9-3-4-10(18-9)12(16)17/h1-5,11,15H,(H,16,17). The first-order valence-corrected chi connectivity index (χ1v) is 5.70. The maximum Gasteiger partial charge on any atom is 0.371 e. The summed E-state index contributed by atoms with van der Waals surface area (Å²) in [5, 5.41) is 19.5. The zero-order valence-corrected chi connectivity index (χ0v) is 10.4. The number of aromatic carboxylic acids is 1. The Bertz CT molecular complexity index is 592. The van der Waals surface area contributed by atoms with E-state index in [4.69, 9.17) is 32.7 Å². The van der Waals surface area contributed by atoms with Crippen LogP contribution in [0.4, 0.5) is 0 Å². The molecule has 0 fully saturated rings. The Hall–Kier alpha value is -1.49. The summed E-state index contributed by atoms with van der Waals surface area (Å²) in [6, 6.07) is 7.27. The van der Waals surface area contributed by atoms with Gasteiger partial charge in [0.1, 0.15) is 11.9 Å². The number of hydrogen-bond donors (Lipinski definition) is 2. The molecule has 1 aromatic heterocycles. The minimum Gasteiger partial charge on any atom is -0.475 e. The summed E-state index contributed by atoms with van der Waals surface area (Å²) in [5.74, 6) is -1.36. The molecule has 0 aliphatic carbocycles. The molecular weight excluding hydrogens is 279 g/mol. The van der Waals surface area contributed by atoms with E-state index in [2.05, 4.69) is 0 Å². The van der Waals surface area contributed by atoms with Gasteiger partial charge in [0.05, 0.1) is 0 Å². The molecule has 2 N–H and O–H groups in total. The number of rotatable bonds is 3. The lowest BCUT2D eigenvalue weighted by molar-refractivity contribution is 0.0655. The monoisotopic (exact) mass is 286 g/mol. The van der Waals surface area contributed by atoms with Gasteiger partial charge in [-0.25, -0.2) is 4.79 Å². The van der Waals surface area contributed by atoms with E-state index in [0.29, 0.717) is 15.6 Å². The molecule has 2 aromatic rings. The third kappa shape index (κ3) is 2.51. The van der Waals surface area contributed by atoms with E-state index in [0.717, 1.165) is 0 Å². The van der Waals surface area contributed by atoms with Crippen LogP contribution in [-0.4, -0.2) is 16.2 Å². The summed E-state index contributed by atoms with van der Waals surface area (Å²) in [4.78, 5) is 10.7. The van der Waals surface area contributed by atoms with Crippen molar-refractivity contribution in [3.05, 3.63) is 57.5 Å². The average molecular weight is 287 g/mol. The highest BCUT2D eigenvalue weighted by molar-refractivity contribution is 6.33. The molecule has 0 spiro atoms. The number of carboxylic acid groups (broad SMARTS) is 1. The van der Waals surface area contributed by atoms with Gasteiger partial charge >= 0.3 is 5.97 Å². The minimum atomic E-state index is -1.20. The van der Waals surface area contributed by atoms with E-state index in [1.165, 1.54) is 18.2 Å². The minimum absolute atomic E-state index is 0.0940. The second kappa shape index (κ2) is 5.02. The molecule has 0 bridgehead atoms. The fraction of sp³-hybridized carbons (Fsp3) is 0.0833.